The van der Waals surface area contributed by atoms with Gasteiger partial charge in [-0.2, -0.15) is 0 Å². The van der Waals surface area contributed by atoms with Crippen molar-refractivity contribution in [3.63, 3.8) is 0 Å². The molecule has 1 aliphatic heterocycles. The Morgan fingerprint density at radius 1 is 1.06 bits per heavy atom. The molecule has 2 aromatic carbocycles. The molecular formula is C27H30FN3O3. The van der Waals surface area contributed by atoms with Crippen molar-refractivity contribution >= 4 is 11.8 Å². The van der Waals surface area contributed by atoms with Crippen LogP contribution in [-0.4, -0.2) is 52.9 Å². The van der Waals surface area contributed by atoms with Crippen molar-refractivity contribution in [2.45, 2.75) is 32.4 Å². The Bertz CT molecular complexity index is 1140. The molecule has 1 aromatic heterocycles. The summed E-state index contributed by atoms with van der Waals surface area (Å²) in [6, 6.07) is 17.2. The fourth-order valence-electron chi connectivity index (χ4n) is 4.52. The molecule has 3 aromatic rings. The van der Waals surface area contributed by atoms with E-state index in [1.54, 1.807) is 35.1 Å². The number of nitrogens with zero attached hydrogens (tertiary/aromatic N) is 3. The number of carbonyl (C=O) groups is 2. The number of methoxy groups -OCH3 is 1. The van der Waals surface area contributed by atoms with Gasteiger partial charge in [-0.15, -0.1) is 0 Å². The molecule has 7 heteroatoms. The lowest BCUT2D eigenvalue weighted by Crippen LogP contribution is -2.48. The maximum atomic E-state index is 14.8. The van der Waals surface area contributed by atoms with Gasteiger partial charge in [-0.1, -0.05) is 37.3 Å². The van der Waals surface area contributed by atoms with Crippen LogP contribution in [0.15, 0.2) is 66.9 Å². The summed E-state index contributed by atoms with van der Waals surface area (Å²) in [6.45, 7) is 3.51. The van der Waals surface area contributed by atoms with Crippen molar-refractivity contribution < 1.29 is 18.7 Å². The van der Waals surface area contributed by atoms with Gasteiger partial charge in [0.15, 0.2) is 0 Å². The molecule has 0 N–H and O–H groups in total. The van der Waals surface area contributed by atoms with Crippen LogP contribution in [0.3, 0.4) is 0 Å². The molecular weight excluding hydrogens is 433 g/mol. The Kier molecular flexibility index (Phi) is 7.30. The van der Waals surface area contributed by atoms with Gasteiger partial charge in [0.25, 0.3) is 0 Å². The number of ether oxygens (including phenoxy) is 1. The molecule has 6 nitrogen and oxygen atoms in total. The van der Waals surface area contributed by atoms with E-state index in [1.165, 1.54) is 6.07 Å². The van der Waals surface area contributed by atoms with E-state index in [2.05, 4.69) is 4.57 Å². The number of amides is 2. The maximum absolute atomic E-state index is 14.8. The summed E-state index contributed by atoms with van der Waals surface area (Å²) in [4.78, 5) is 29.9. The second-order valence-electron chi connectivity index (χ2n) is 8.48. The van der Waals surface area contributed by atoms with Crippen LogP contribution >= 0.6 is 0 Å². The molecule has 0 fully saturated rings. The van der Waals surface area contributed by atoms with Crippen LogP contribution in [0.25, 0.3) is 0 Å². The molecule has 2 amide bonds. The van der Waals surface area contributed by atoms with Crippen LogP contribution in [0.2, 0.25) is 0 Å². The summed E-state index contributed by atoms with van der Waals surface area (Å²) in [5.74, 6) is 0.0900. The van der Waals surface area contributed by atoms with E-state index in [4.69, 9.17) is 4.74 Å². The fourth-order valence-corrected chi connectivity index (χ4v) is 4.52. The van der Waals surface area contributed by atoms with Crippen LogP contribution < -0.4 is 4.74 Å². The Morgan fingerprint density at radius 2 is 1.82 bits per heavy atom. The summed E-state index contributed by atoms with van der Waals surface area (Å²) in [5, 5.41) is 0. The smallest absolute Gasteiger partial charge is 0.243 e. The molecule has 0 aliphatic carbocycles. The molecule has 0 saturated heterocycles. The highest BCUT2D eigenvalue weighted by Crippen LogP contribution is 2.34. The second kappa shape index (κ2) is 10.5. The van der Waals surface area contributed by atoms with Crippen LogP contribution in [0, 0.1) is 5.82 Å². The molecule has 1 atom stereocenters. The normalized spacial score (nSPS) is 15.0. The van der Waals surface area contributed by atoms with Crippen molar-refractivity contribution in [3.8, 4) is 5.75 Å². The van der Waals surface area contributed by atoms with Gasteiger partial charge in [0.05, 0.1) is 20.1 Å². The van der Waals surface area contributed by atoms with Crippen LogP contribution in [0.5, 0.6) is 5.75 Å². The summed E-state index contributed by atoms with van der Waals surface area (Å²) < 4.78 is 22.0. The fraction of sp³-hybridized carbons (Fsp3) is 0.333. The molecule has 2 heterocycles. The Morgan fingerprint density at radius 3 is 2.53 bits per heavy atom. The molecule has 0 unspecified atom stereocenters. The van der Waals surface area contributed by atoms with Gasteiger partial charge >= 0.3 is 0 Å². The highest BCUT2D eigenvalue weighted by atomic mass is 19.1. The van der Waals surface area contributed by atoms with E-state index in [9.17, 15) is 14.0 Å². The average molecular weight is 464 g/mol. The van der Waals surface area contributed by atoms with Gasteiger partial charge in [0.1, 0.15) is 17.6 Å². The summed E-state index contributed by atoms with van der Waals surface area (Å²) in [6.07, 6.45) is 2.89. The Labute approximate surface area is 199 Å². The van der Waals surface area contributed by atoms with Crippen molar-refractivity contribution in [2.75, 3.05) is 26.7 Å². The Hall–Kier alpha value is -3.61. The summed E-state index contributed by atoms with van der Waals surface area (Å²) in [5.41, 5.74) is 2.19. The van der Waals surface area contributed by atoms with Crippen molar-refractivity contribution in [1.29, 1.82) is 0 Å². The van der Waals surface area contributed by atoms with E-state index >= 15 is 0 Å². The highest BCUT2D eigenvalue weighted by molar-refractivity contribution is 5.86. The average Bonchev–Trinajstić information content (AvgIpc) is 3.33. The third-order valence-electron chi connectivity index (χ3n) is 6.25. The van der Waals surface area contributed by atoms with Crippen LogP contribution in [0.1, 0.15) is 36.2 Å². The first-order valence-electron chi connectivity index (χ1n) is 11.6. The molecule has 4 rings (SSSR count). The molecule has 0 bridgehead atoms. The SMILES string of the molecule is CCCN(CC(=O)N1CCn2cccc2[C@H]1c1ccccc1F)C(=O)Cc1ccc(OC)cc1. The van der Waals surface area contributed by atoms with E-state index in [1.807, 2.05) is 49.5 Å². The van der Waals surface area contributed by atoms with Gasteiger partial charge < -0.3 is 19.1 Å². The number of benzene rings is 2. The van der Waals surface area contributed by atoms with Gasteiger partial charge in [0.2, 0.25) is 11.8 Å². The number of aromatic nitrogens is 1. The van der Waals surface area contributed by atoms with E-state index in [0.717, 1.165) is 23.4 Å². The van der Waals surface area contributed by atoms with E-state index in [-0.39, 0.29) is 30.6 Å². The third kappa shape index (κ3) is 4.98. The maximum Gasteiger partial charge on any atom is 0.243 e. The van der Waals surface area contributed by atoms with Crippen LogP contribution in [-0.2, 0) is 22.6 Å². The van der Waals surface area contributed by atoms with Gasteiger partial charge in [-0.05, 0) is 42.3 Å². The van der Waals surface area contributed by atoms with Crippen molar-refractivity contribution in [3.05, 3.63) is 89.5 Å². The van der Waals surface area contributed by atoms with Gasteiger partial charge in [0, 0.05) is 37.1 Å². The van der Waals surface area contributed by atoms with Gasteiger partial charge in [-0.25, -0.2) is 4.39 Å². The predicted octanol–water partition coefficient (Wildman–Crippen LogP) is 4.05. The molecule has 1 aliphatic rings. The van der Waals surface area contributed by atoms with E-state index < -0.39 is 6.04 Å². The first kappa shape index (κ1) is 23.5. The van der Waals surface area contributed by atoms with Crippen LogP contribution in [0.4, 0.5) is 4.39 Å². The molecule has 0 spiro atoms. The third-order valence-corrected chi connectivity index (χ3v) is 6.25. The molecule has 0 radical (unpaired) electrons. The largest absolute Gasteiger partial charge is 0.497 e. The number of rotatable bonds is 8. The lowest BCUT2D eigenvalue weighted by atomic mass is 9.99. The lowest BCUT2D eigenvalue weighted by Gasteiger charge is -2.38. The Balaban J connectivity index is 1.54. The van der Waals surface area contributed by atoms with Crippen molar-refractivity contribution in [1.82, 2.24) is 14.4 Å². The minimum Gasteiger partial charge on any atom is -0.497 e. The number of fused-ring (bicyclic) bond motifs is 1. The lowest BCUT2D eigenvalue weighted by molar-refractivity contribution is -0.141. The predicted molar refractivity (Wildman–Crippen MR) is 128 cm³/mol. The molecule has 0 saturated carbocycles. The molecule has 178 valence electrons. The zero-order chi connectivity index (χ0) is 24.1. The topological polar surface area (TPSA) is 54.8 Å². The van der Waals surface area contributed by atoms with Gasteiger partial charge in [-0.3, -0.25) is 9.59 Å². The summed E-state index contributed by atoms with van der Waals surface area (Å²) >= 11 is 0. The number of carbonyl (C=O) groups excluding carboxylic acids is 2. The van der Waals surface area contributed by atoms with Crippen molar-refractivity contribution in [2.24, 2.45) is 0 Å². The quantitative estimate of drug-likeness (QED) is 0.507. The highest BCUT2D eigenvalue weighted by Gasteiger charge is 2.34. The number of hydrogen-bond donors (Lipinski definition) is 0. The zero-order valence-corrected chi connectivity index (χ0v) is 19.6. The zero-order valence-electron chi connectivity index (χ0n) is 19.6. The minimum absolute atomic E-state index is 0.0332. The second-order valence-corrected chi connectivity index (χ2v) is 8.48. The first-order valence-corrected chi connectivity index (χ1v) is 11.6. The number of halogens is 1. The minimum atomic E-state index is -0.530. The number of hydrogen-bond acceptors (Lipinski definition) is 3. The summed E-state index contributed by atoms with van der Waals surface area (Å²) in [7, 11) is 1.60. The van der Waals surface area contributed by atoms with E-state index in [0.29, 0.717) is 25.2 Å². The monoisotopic (exact) mass is 463 g/mol. The molecule has 34 heavy (non-hydrogen) atoms. The standard InChI is InChI=1S/C27H30FN3O3/c1-3-14-30(25(32)18-20-10-12-21(34-2)13-11-20)19-26(33)31-17-16-29-15-6-9-24(29)27(31)22-7-4-5-8-23(22)28/h4-13,15,27H,3,14,16-19H2,1-2H3/t27-/m1/s1. The first-order chi connectivity index (χ1) is 16.5.